The molecule has 1 N–H and O–H groups in total. The fraction of sp³-hybridized carbons (Fsp3) is 0.550. The molecule has 1 aromatic carbocycles. The quantitative estimate of drug-likeness (QED) is 0.827. The fourth-order valence-corrected chi connectivity index (χ4v) is 3.50. The van der Waals surface area contributed by atoms with Crippen molar-refractivity contribution >= 4 is 5.91 Å². The number of aromatic nitrogens is 3. The van der Waals surface area contributed by atoms with Crippen molar-refractivity contribution in [2.24, 2.45) is 5.92 Å². The first-order valence-electron chi connectivity index (χ1n) is 9.56. The number of hydrogen-bond donors (Lipinski definition) is 1. The monoisotopic (exact) mass is 355 g/mol. The Morgan fingerprint density at radius 3 is 2.88 bits per heavy atom. The molecule has 0 saturated carbocycles. The molecule has 0 radical (unpaired) electrons. The topological polar surface area (TPSA) is 63.1 Å². The first-order chi connectivity index (χ1) is 12.6. The maximum atomic E-state index is 12.6. The number of benzene rings is 1. The van der Waals surface area contributed by atoms with Gasteiger partial charge in [-0.1, -0.05) is 30.3 Å². The van der Waals surface area contributed by atoms with Gasteiger partial charge in [-0.25, -0.2) is 0 Å². The zero-order valence-electron chi connectivity index (χ0n) is 15.8. The van der Waals surface area contributed by atoms with Crippen molar-refractivity contribution in [1.29, 1.82) is 0 Å². The SMILES string of the molecule is CC(C)N1CCCC(C(=O)NCc2nncn2CCc2ccccc2)C1. The Morgan fingerprint density at radius 2 is 2.12 bits per heavy atom. The molecule has 1 atom stereocenters. The molecule has 0 aliphatic carbocycles. The van der Waals surface area contributed by atoms with Gasteiger partial charge in [-0.15, -0.1) is 10.2 Å². The Labute approximate surface area is 155 Å². The number of piperidine rings is 1. The van der Waals surface area contributed by atoms with Crippen molar-refractivity contribution in [2.45, 2.75) is 52.2 Å². The Bertz CT molecular complexity index is 697. The molecule has 2 heterocycles. The lowest BCUT2D eigenvalue weighted by Gasteiger charge is -2.34. The molecular formula is C20H29N5O. The van der Waals surface area contributed by atoms with Gasteiger partial charge in [-0.2, -0.15) is 0 Å². The summed E-state index contributed by atoms with van der Waals surface area (Å²) in [6.07, 6.45) is 4.72. The molecule has 1 saturated heterocycles. The highest BCUT2D eigenvalue weighted by molar-refractivity contribution is 5.78. The predicted octanol–water partition coefficient (Wildman–Crippen LogP) is 2.26. The van der Waals surface area contributed by atoms with Gasteiger partial charge in [0.15, 0.2) is 5.82 Å². The second-order valence-electron chi connectivity index (χ2n) is 7.32. The molecule has 3 rings (SSSR count). The molecule has 6 nitrogen and oxygen atoms in total. The molecule has 140 valence electrons. The van der Waals surface area contributed by atoms with E-state index in [0.717, 1.165) is 44.7 Å². The van der Waals surface area contributed by atoms with E-state index >= 15 is 0 Å². The summed E-state index contributed by atoms with van der Waals surface area (Å²) in [6, 6.07) is 10.9. The Kier molecular flexibility index (Phi) is 6.39. The number of aryl methyl sites for hydroxylation is 2. The van der Waals surface area contributed by atoms with E-state index in [0.29, 0.717) is 12.6 Å². The van der Waals surface area contributed by atoms with E-state index in [-0.39, 0.29) is 11.8 Å². The summed E-state index contributed by atoms with van der Waals surface area (Å²) in [6.45, 7) is 7.57. The normalized spacial score (nSPS) is 18.2. The van der Waals surface area contributed by atoms with Crippen LogP contribution in [-0.4, -0.2) is 44.7 Å². The van der Waals surface area contributed by atoms with Crippen LogP contribution in [0.1, 0.15) is 38.1 Å². The van der Waals surface area contributed by atoms with E-state index in [9.17, 15) is 4.79 Å². The lowest BCUT2D eigenvalue weighted by molar-refractivity contribution is -0.127. The zero-order valence-corrected chi connectivity index (χ0v) is 15.8. The molecule has 26 heavy (non-hydrogen) atoms. The van der Waals surface area contributed by atoms with Crippen LogP contribution < -0.4 is 5.32 Å². The van der Waals surface area contributed by atoms with E-state index in [4.69, 9.17) is 0 Å². The summed E-state index contributed by atoms with van der Waals surface area (Å²) in [4.78, 5) is 14.9. The highest BCUT2D eigenvalue weighted by Crippen LogP contribution is 2.18. The van der Waals surface area contributed by atoms with Crippen LogP contribution in [0.15, 0.2) is 36.7 Å². The van der Waals surface area contributed by atoms with Gasteiger partial charge in [0.05, 0.1) is 12.5 Å². The third-order valence-corrected chi connectivity index (χ3v) is 5.15. The van der Waals surface area contributed by atoms with Crippen molar-refractivity contribution in [2.75, 3.05) is 13.1 Å². The number of nitrogens with zero attached hydrogens (tertiary/aromatic N) is 4. The fourth-order valence-electron chi connectivity index (χ4n) is 3.50. The van der Waals surface area contributed by atoms with Gasteiger partial charge in [0.25, 0.3) is 0 Å². The maximum absolute atomic E-state index is 12.6. The Hall–Kier alpha value is -2.21. The summed E-state index contributed by atoms with van der Waals surface area (Å²) in [5, 5.41) is 11.3. The van der Waals surface area contributed by atoms with E-state index in [1.165, 1.54) is 5.56 Å². The molecule has 1 fully saturated rings. The number of carbonyl (C=O) groups is 1. The molecule has 0 bridgehead atoms. The first kappa shape index (κ1) is 18.6. The zero-order chi connectivity index (χ0) is 18.4. The highest BCUT2D eigenvalue weighted by Gasteiger charge is 2.26. The number of rotatable bonds is 7. The van der Waals surface area contributed by atoms with E-state index in [1.807, 2.05) is 22.8 Å². The average Bonchev–Trinajstić information content (AvgIpc) is 3.12. The Morgan fingerprint density at radius 1 is 1.31 bits per heavy atom. The summed E-state index contributed by atoms with van der Waals surface area (Å²) >= 11 is 0. The summed E-state index contributed by atoms with van der Waals surface area (Å²) in [5.74, 6) is 1.02. The number of amides is 1. The lowest BCUT2D eigenvalue weighted by Crippen LogP contribution is -2.45. The minimum atomic E-state index is 0.0758. The van der Waals surface area contributed by atoms with Crippen LogP contribution in [0, 0.1) is 5.92 Å². The van der Waals surface area contributed by atoms with Crippen LogP contribution in [0.5, 0.6) is 0 Å². The molecule has 0 spiro atoms. The van der Waals surface area contributed by atoms with Crippen molar-refractivity contribution in [3.63, 3.8) is 0 Å². The molecule has 1 aromatic heterocycles. The van der Waals surface area contributed by atoms with Crippen LogP contribution in [0.2, 0.25) is 0 Å². The van der Waals surface area contributed by atoms with Gasteiger partial charge in [0.2, 0.25) is 5.91 Å². The maximum Gasteiger partial charge on any atom is 0.224 e. The Balaban J connectivity index is 1.50. The van der Waals surface area contributed by atoms with Gasteiger partial charge in [0.1, 0.15) is 6.33 Å². The van der Waals surface area contributed by atoms with Gasteiger partial charge in [0, 0.05) is 19.1 Å². The van der Waals surface area contributed by atoms with Gasteiger partial charge in [-0.3, -0.25) is 4.79 Å². The minimum absolute atomic E-state index is 0.0758. The van der Waals surface area contributed by atoms with Gasteiger partial charge in [-0.05, 0) is 45.2 Å². The van der Waals surface area contributed by atoms with Crippen molar-refractivity contribution < 1.29 is 4.79 Å². The van der Waals surface area contributed by atoms with Crippen molar-refractivity contribution in [1.82, 2.24) is 25.0 Å². The van der Waals surface area contributed by atoms with Gasteiger partial charge >= 0.3 is 0 Å². The first-order valence-corrected chi connectivity index (χ1v) is 9.56. The molecule has 1 aliphatic rings. The largest absolute Gasteiger partial charge is 0.349 e. The van der Waals surface area contributed by atoms with Crippen molar-refractivity contribution in [3.05, 3.63) is 48.0 Å². The molecule has 1 aliphatic heterocycles. The summed E-state index contributed by atoms with van der Waals surface area (Å²) < 4.78 is 2.02. The third-order valence-electron chi connectivity index (χ3n) is 5.15. The number of nitrogens with one attached hydrogen (secondary N) is 1. The second kappa shape index (κ2) is 8.94. The minimum Gasteiger partial charge on any atom is -0.349 e. The van der Waals surface area contributed by atoms with Crippen LogP contribution >= 0.6 is 0 Å². The van der Waals surface area contributed by atoms with Crippen LogP contribution in [0.25, 0.3) is 0 Å². The lowest BCUT2D eigenvalue weighted by atomic mass is 9.96. The van der Waals surface area contributed by atoms with Crippen LogP contribution in [0.3, 0.4) is 0 Å². The van der Waals surface area contributed by atoms with E-state index < -0.39 is 0 Å². The van der Waals surface area contributed by atoms with E-state index in [1.54, 1.807) is 6.33 Å². The highest BCUT2D eigenvalue weighted by atomic mass is 16.1. The molecule has 1 unspecified atom stereocenters. The summed E-state index contributed by atoms with van der Waals surface area (Å²) in [5.41, 5.74) is 1.28. The standard InChI is InChI=1S/C20H29N5O/c1-16(2)24-11-6-9-18(14-24)20(26)21-13-19-23-22-15-25(19)12-10-17-7-4-3-5-8-17/h3-5,7-8,15-16,18H,6,9-14H2,1-2H3,(H,21,26). The predicted molar refractivity (Wildman–Crippen MR) is 101 cm³/mol. The average molecular weight is 355 g/mol. The molecular weight excluding hydrogens is 326 g/mol. The number of carbonyl (C=O) groups excluding carboxylic acids is 1. The van der Waals surface area contributed by atoms with Crippen molar-refractivity contribution in [3.8, 4) is 0 Å². The second-order valence-corrected chi connectivity index (χ2v) is 7.32. The smallest absolute Gasteiger partial charge is 0.224 e. The molecule has 1 amide bonds. The number of likely N-dealkylation sites (tertiary alicyclic amines) is 1. The molecule has 6 heteroatoms. The van der Waals surface area contributed by atoms with E-state index in [2.05, 4.69) is 46.4 Å². The van der Waals surface area contributed by atoms with Gasteiger partial charge < -0.3 is 14.8 Å². The number of hydrogen-bond acceptors (Lipinski definition) is 4. The molecule has 2 aromatic rings. The third kappa shape index (κ3) is 4.91. The summed E-state index contributed by atoms with van der Waals surface area (Å²) in [7, 11) is 0. The van der Waals surface area contributed by atoms with Crippen LogP contribution in [0.4, 0.5) is 0 Å². The van der Waals surface area contributed by atoms with Crippen LogP contribution in [-0.2, 0) is 24.3 Å².